The Morgan fingerprint density at radius 1 is 1.20 bits per heavy atom. The molecule has 2 aliphatic rings. The standard InChI is InChI=1S/C15H18N4O/c1-2-6-13-12(4-1)9-20-10-14-17-18-15(19(13)14)11-5-3-7-16-8-11/h1-2,4,6,11,16H,3,5,7-10H2. The van der Waals surface area contributed by atoms with Crippen LogP contribution in [-0.2, 0) is 18.0 Å². The molecule has 1 N–H and O–H groups in total. The zero-order chi connectivity index (χ0) is 13.4. The summed E-state index contributed by atoms with van der Waals surface area (Å²) >= 11 is 0. The van der Waals surface area contributed by atoms with Crippen LogP contribution in [-0.4, -0.2) is 27.9 Å². The van der Waals surface area contributed by atoms with Gasteiger partial charge in [-0.15, -0.1) is 10.2 Å². The molecular weight excluding hydrogens is 252 g/mol. The van der Waals surface area contributed by atoms with Crippen LogP contribution in [0.15, 0.2) is 24.3 Å². The number of benzene rings is 1. The average molecular weight is 270 g/mol. The number of nitrogens with one attached hydrogen (secondary N) is 1. The smallest absolute Gasteiger partial charge is 0.163 e. The van der Waals surface area contributed by atoms with Crippen molar-refractivity contribution in [2.24, 2.45) is 0 Å². The van der Waals surface area contributed by atoms with Gasteiger partial charge in [-0.2, -0.15) is 0 Å². The van der Waals surface area contributed by atoms with E-state index < -0.39 is 0 Å². The van der Waals surface area contributed by atoms with Gasteiger partial charge in [-0.25, -0.2) is 0 Å². The summed E-state index contributed by atoms with van der Waals surface area (Å²) in [6.07, 6.45) is 2.37. The molecule has 0 bridgehead atoms. The first-order valence-electron chi connectivity index (χ1n) is 7.24. The van der Waals surface area contributed by atoms with Crippen molar-refractivity contribution in [3.8, 4) is 5.69 Å². The van der Waals surface area contributed by atoms with Crippen molar-refractivity contribution in [1.82, 2.24) is 20.1 Å². The monoisotopic (exact) mass is 270 g/mol. The zero-order valence-electron chi connectivity index (χ0n) is 11.4. The Morgan fingerprint density at radius 3 is 3.05 bits per heavy atom. The molecule has 0 aliphatic carbocycles. The number of aromatic nitrogens is 3. The van der Waals surface area contributed by atoms with Crippen LogP contribution in [0.3, 0.4) is 0 Å². The van der Waals surface area contributed by atoms with Crippen LogP contribution in [0.5, 0.6) is 0 Å². The molecule has 5 heteroatoms. The molecule has 0 amide bonds. The third kappa shape index (κ3) is 1.94. The van der Waals surface area contributed by atoms with Gasteiger partial charge in [0.25, 0.3) is 0 Å². The molecule has 1 unspecified atom stereocenters. The van der Waals surface area contributed by atoms with Crippen LogP contribution in [0.1, 0.15) is 36.0 Å². The van der Waals surface area contributed by atoms with E-state index in [0.717, 1.165) is 24.7 Å². The SMILES string of the molecule is c1ccc2c(c1)COCc1nnc(C3CCCNC3)n1-2. The van der Waals surface area contributed by atoms with Gasteiger partial charge in [0, 0.05) is 18.0 Å². The van der Waals surface area contributed by atoms with E-state index in [-0.39, 0.29) is 0 Å². The molecule has 20 heavy (non-hydrogen) atoms. The maximum absolute atomic E-state index is 5.71. The first-order chi connectivity index (χ1) is 9.93. The van der Waals surface area contributed by atoms with Crippen LogP contribution in [0.25, 0.3) is 5.69 Å². The highest BCUT2D eigenvalue weighted by Gasteiger charge is 2.26. The molecule has 0 saturated carbocycles. The number of piperidine rings is 1. The summed E-state index contributed by atoms with van der Waals surface area (Å²) in [6, 6.07) is 8.38. The number of hydrogen-bond donors (Lipinski definition) is 1. The molecule has 5 nitrogen and oxygen atoms in total. The zero-order valence-corrected chi connectivity index (χ0v) is 11.4. The molecule has 2 aromatic rings. The van der Waals surface area contributed by atoms with Crippen molar-refractivity contribution in [2.75, 3.05) is 13.1 Å². The Bertz CT molecular complexity index is 616. The lowest BCUT2D eigenvalue weighted by Gasteiger charge is -2.23. The lowest BCUT2D eigenvalue weighted by molar-refractivity contribution is 0.105. The van der Waals surface area contributed by atoms with E-state index in [2.05, 4.69) is 44.3 Å². The molecule has 1 aromatic heterocycles. The molecule has 4 rings (SSSR count). The average Bonchev–Trinajstić information content (AvgIpc) is 2.84. The molecular formula is C15H18N4O. The van der Waals surface area contributed by atoms with E-state index in [1.165, 1.54) is 24.1 Å². The van der Waals surface area contributed by atoms with Crippen molar-refractivity contribution >= 4 is 0 Å². The van der Waals surface area contributed by atoms with E-state index in [4.69, 9.17) is 4.74 Å². The fraction of sp³-hybridized carbons (Fsp3) is 0.467. The van der Waals surface area contributed by atoms with Crippen molar-refractivity contribution in [2.45, 2.75) is 32.0 Å². The lowest BCUT2D eigenvalue weighted by atomic mass is 9.98. The summed E-state index contributed by atoms with van der Waals surface area (Å²) in [5.41, 5.74) is 2.38. The minimum Gasteiger partial charge on any atom is -0.369 e. The fourth-order valence-corrected chi connectivity index (χ4v) is 3.13. The van der Waals surface area contributed by atoms with Gasteiger partial charge in [0.2, 0.25) is 0 Å². The summed E-state index contributed by atoms with van der Waals surface area (Å²) in [6.45, 7) is 3.27. The summed E-state index contributed by atoms with van der Waals surface area (Å²) in [7, 11) is 0. The minimum atomic E-state index is 0.441. The minimum absolute atomic E-state index is 0.441. The molecule has 1 aromatic carbocycles. The van der Waals surface area contributed by atoms with E-state index in [1.54, 1.807) is 0 Å². The van der Waals surface area contributed by atoms with E-state index >= 15 is 0 Å². The number of para-hydroxylation sites is 1. The van der Waals surface area contributed by atoms with Crippen molar-refractivity contribution in [1.29, 1.82) is 0 Å². The summed E-state index contributed by atoms with van der Waals surface area (Å²) in [5.74, 6) is 2.43. The highest BCUT2D eigenvalue weighted by atomic mass is 16.5. The predicted octanol–water partition coefficient (Wildman–Crippen LogP) is 1.76. The Labute approximate surface area is 118 Å². The maximum atomic E-state index is 5.71. The van der Waals surface area contributed by atoms with Gasteiger partial charge in [0.1, 0.15) is 12.4 Å². The largest absolute Gasteiger partial charge is 0.369 e. The highest BCUT2D eigenvalue weighted by molar-refractivity contribution is 5.43. The molecule has 1 atom stereocenters. The van der Waals surface area contributed by atoms with E-state index in [9.17, 15) is 0 Å². The van der Waals surface area contributed by atoms with Gasteiger partial charge in [-0.05, 0) is 25.5 Å². The maximum Gasteiger partial charge on any atom is 0.163 e. The summed E-state index contributed by atoms with van der Waals surface area (Å²) in [4.78, 5) is 0. The van der Waals surface area contributed by atoms with E-state index in [1.807, 2.05) is 0 Å². The van der Waals surface area contributed by atoms with Crippen molar-refractivity contribution in [3.63, 3.8) is 0 Å². The number of fused-ring (bicyclic) bond motifs is 3. The van der Waals surface area contributed by atoms with Gasteiger partial charge < -0.3 is 10.1 Å². The third-order valence-electron chi connectivity index (χ3n) is 4.14. The van der Waals surface area contributed by atoms with Gasteiger partial charge >= 0.3 is 0 Å². The van der Waals surface area contributed by atoms with Crippen LogP contribution < -0.4 is 5.32 Å². The van der Waals surface area contributed by atoms with Gasteiger partial charge in [-0.3, -0.25) is 4.57 Å². The first-order valence-corrected chi connectivity index (χ1v) is 7.24. The van der Waals surface area contributed by atoms with Gasteiger partial charge in [0.15, 0.2) is 5.82 Å². The number of ether oxygens (including phenoxy) is 1. The Balaban J connectivity index is 1.84. The van der Waals surface area contributed by atoms with Crippen LogP contribution in [0.4, 0.5) is 0 Å². The summed E-state index contributed by atoms with van der Waals surface area (Å²) in [5, 5.41) is 12.3. The number of nitrogens with zero attached hydrogens (tertiary/aromatic N) is 3. The lowest BCUT2D eigenvalue weighted by Crippen LogP contribution is -2.30. The second kappa shape index (κ2) is 5.00. The Morgan fingerprint density at radius 2 is 2.15 bits per heavy atom. The number of hydrogen-bond acceptors (Lipinski definition) is 4. The molecule has 1 saturated heterocycles. The second-order valence-electron chi connectivity index (χ2n) is 5.47. The molecule has 3 heterocycles. The quantitative estimate of drug-likeness (QED) is 0.858. The highest BCUT2D eigenvalue weighted by Crippen LogP contribution is 2.29. The second-order valence-corrected chi connectivity index (χ2v) is 5.47. The van der Waals surface area contributed by atoms with Gasteiger partial charge in [-0.1, -0.05) is 18.2 Å². The van der Waals surface area contributed by atoms with Gasteiger partial charge in [0.05, 0.1) is 12.3 Å². The molecule has 0 spiro atoms. The third-order valence-corrected chi connectivity index (χ3v) is 4.14. The summed E-state index contributed by atoms with van der Waals surface area (Å²) < 4.78 is 7.92. The number of rotatable bonds is 1. The fourth-order valence-electron chi connectivity index (χ4n) is 3.13. The normalized spacial score (nSPS) is 21.9. The van der Waals surface area contributed by atoms with E-state index in [0.29, 0.717) is 19.1 Å². The van der Waals surface area contributed by atoms with Crippen LogP contribution in [0.2, 0.25) is 0 Å². The van der Waals surface area contributed by atoms with Crippen molar-refractivity contribution < 1.29 is 4.74 Å². The van der Waals surface area contributed by atoms with Crippen LogP contribution in [0, 0.1) is 0 Å². The molecule has 1 fully saturated rings. The first kappa shape index (κ1) is 12.1. The topological polar surface area (TPSA) is 52.0 Å². The Kier molecular flexibility index (Phi) is 3.01. The molecule has 2 aliphatic heterocycles. The van der Waals surface area contributed by atoms with Crippen LogP contribution >= 0.6 is 0 Å². The predicted molar refractivity (Wildman–Crippen MR) is 74.7 cm³/mol. The molecule has 0 radical (unpaired) electrons. The van der Waals surface area contributed by atoms with Crippen molar-refractivity contribution in [3.05, 3.63) is 41.5 Å². The molecule has 104 valence electrons. The Hall–Kier alpha value is -1.72.